The number of aliphatic carboxylic acids is 1. The molecule has 1 rings (SSSR count). The minimum atomic E-state index is -0.828. The number of carbonyl (C=O) groups is 2. The highest BCUT2D eigenvalue weighted by molar-refractivity contribution is 5.79. The maximum absolute atomic E-state index is 12.1. The molecule has 1 fully saturated rings. The summed E-state index contributed by atoms with van der Waals surface area (Å²) >= 11 is 0. The fourth-order valence-electron chi connectivity index (χ4n) is 2.81. The molecule has 4 nitrogen and oxygen atoms in total. The first-order valence-corrected chi connectivity index (χ1v) is 6.79. The number of terminal acetylenes is 1. The van der Waals surface area contributed by atoms with Crippen molar-refractivity contribution in [3.63, 3.8) is 0 Å². The number of hydrogen-bond acceptors (Lipinski definition) is 2. The predicted molar refractivity (Wildman–Crippen MR) is 73.4 cm³/mol. The third-order valence-corrected chi connectivity index (χ3v) is 3.79. The molecule has 106 valence electrons. The lowest BCUT2D eigenvalue weighted by Gasteiger charge is -2.36. The van der Waals surface area contributed by atoms with Crippen LogP contribution in [0.2, 0.25) is 0 Å². The van der Waals surface area contributed by atoms with E-state index in [1.165, 1.54) is 0 Å². The van der Waals surface area contributed by atoms with E-state index in [0.717, 1.165) is 32.1 Å². The molecular formula is C15H23NO3. The highest BCUT2D eigenvalue weighted by Crippen LogP contribution is 2.42. The monoisotopic (exact) mass is 265 g/mol. The van der Waals surface area contributed by atoms with Crippen molar-refractivity contribution in [1.29, 1.82) is 0 Å². The Balaban J connectivity index is 2.70. The lowest BCUT2D eigenvalue weighted by molar-refractivity contribution is -0.141. The van der Waals surface area contributed by atoms with Crippen molar-refractivity contribution in [2.24, 2.45) is 5.41 Å². The van der Waals surface area contributed by atoms with Crippen LogP contribution in [0.5, 0.6) is 0 Å². The van der Waals surface area contributed by atoms with Gasteiger partial charge in [-0.1, -0.05) is 25.2 Å². The van der Waals surface area contributed by atoms with Crippen LogP contribution in [0.1, 0.15) is 58.8 Å². The minimum absolute atomic E-state index is 0.0664. The van der Waals surface area contributed by atoms with Gasteiger partial charge in [-0.15, -0.1) is 6.42 Å². The van der Waals surface area contributed by atoms with Gasteiger partial charge in [-0.3, -0.25) is 9.59 Å². The largest absolute Gasteiger partial charge is 0.481 e. The van der Waals surface area contributed by atoms with Gasteiger partial charge in [-0.05, 0) is 32.1 Å². The summed E-state index contributed by atoms with van der Waals surface area (Å²) in [6.45, 7) is 3.52. The molecule has 0 saturated heterocycles. The molecule has 4 heteroatoms. The van der Waals surface area contributed by atoms with Crippen LogP contribution in [0.3, 0.4) is 0 Å². The second kappa shape index (κ2) is 6.10. The van der Waals surface area contributed by atoms with Gasteiger partial charge < -0.3 is 10.4 Å². The van der Waals surface area contributed by atoms with Crippen LogP contribution in [0.15, 0.2) is 0 Å². The second-order valence-electron chi connectivity index (χ2n) is 6.13. The van der Waals surface area contributed by atoms with E-state index < -0.39 is 16.9 Å². The molecule has 1 amide bonds. The van der Waals surface area contributed by atoms with Gasteiger partial charge in [0.1, 0.15) is 0 Å². The predicted octanol–water partition coefficient (Wildman–Crippen LogP) is 2.33. The summed E-state index contributed by atoms with van der Waals surface area (Å²) in [4.78, 5) is 23.1. The summed E-state index contributed by atoms with van der Waals surface area (Å²) in [6.07, 6.45) is 10.4. The van der Waals surface area contributed by atoms with Crippen molar-refractivity contribution in [3.05, 3.63) is 0 Å². The summed E-state index contributed by atoms with van der Waals surface area (Å²) < 4.78 is 0. The molecule has 0 bridgehead atoms. The molecule has 0 heterocycles. The third-order valence-electron chi connectivity index (χ3n) is 3.79. The van der Waals surface area contributed by atoms with Gasteiger partial charge in [0.15, 0.2) is 0 Å². The second-order valence-corrected chi connectivity index (χ2v) is 6.13. The molecule has 0 spiro atoms. The molecule has 0 aromatic rings. The van der Waals surface area contributed by atoms with E-state index in [0.29, 0.717) is 0 Å². The van der Waals surface area contributed by atoms with Crippen molar-refractivity contribution in [3.8, 4) is 12.3 Å². The maximum Gasteiger partial charge on any atom is 0.303 e. The van der Waals surface area contributed by atoms with E-state index in [1.807, 2.05) is 0 Å². The molecule has 2 N–H and O–H groups in total. The fourth-order valence-corrected chi connectivity index (χ4v) is 2.81. The Bertz CT molecular complexity index is 387. The number of hydrogen-bond donors (Lipinski definition) is 2. The minimum Gasteiger partial charge on any atom is -0.481 e. The van der Waals surface area contributed by atoms with E-state index in [1.54, 1.807) is 13.8 Å². The Labute approximate surface area is 115 Å². The SMILES string of the molecule is C#CC(C)(C)NC(=O)CC1(CC(=O)O)CCCCC1. The molecule has 0 radical (unpaired) electrons. The van der Waals surface area contributed by atoms with Gasteiger partial charge in [0, 0.05) is 6.42 Å². The molecular weight excluding hydrogens is 242 g/mol. The van der Waals surface area contributed by atoms with E-state index >= 15 is 0 Å². The first-order chi connectivity index (χ1) is 8.79. The summed E-state index contributed by atoms with van der Waals surface area (Å²) in [6, 6.07) is 0. The molecule has 19 heavy (non-hydrogen) atoms. The molecule has 1 aliphatic rings. The Morgan fingerprint density at radius 1 is 1.26 bits per heavy atom. The first kappa shape index (κ1) is 15.6. The number of carboxylic acids is 1. The average Bonchev–Trinajstić information content (AvgIpc) is 2.27. The van der Waals surface area contributed by atoms with Gasteiger partial charge in [-0.25, -0.2) is 0 Å². The van der Waals surface area contributed by atoms with Crippen LogP contribution >= 0.6 is 0 Å². The van der Waals surface area contributed by atoms with Gasteiger partial charge in [0.05, 0.1) is 12.0 Å². The first-order valence-electron chi connectivity index (χ1n) is 6.79. The van der Waals surface area contributed by atoms with E-state index in [4.69, 9.17) is 11.5 Å². The van der Waals surface area contributed by atoms with Crippen molar-refractivity contribution in [2.45, 2.75) is 64.3 Å². The summed E-state index contributed by atoms with van der Waals surface area (Å²) in [5.41, 5.74) is -1.07. The van der Waals surface area contributed by atoms with Crippen LogP contribution < -0.4 is 5.32 Å². The number of carbonyl (C=O) groups excluding carboxylic acids is 1. The smallest absolute Gasteiger partial charge is 0.303 e. The van der Waals surface area contributed by atoms with E-state index in [2.05, 4.69) is 11.2 Å². The van der Waals surface area contributed by atoms with Crippen LogP contribution in [-0.4, -0.2) is 22.5 Å². The maximum atomic E-state index is 12.1. The van der Waals surface area contributed by atoms with Gasteiger partial charge in [0.25, 0.3) is 0 Å². The Morgan fingerprint density at radius 3 is 2.32 bits per heavy atom. The molecule has 0 aromatic carbocycles. The quantitative estimate of drug-likeness (QED) is 0.750. The molecule has 0 unspecified atom stereocenters. The van der Waals surface area contributed by atoms with Gasteiger partial charge in [0.2, 0.25) is 5.91 Å². The average molecular weight is 265 g/mol. The lowest BCUT2D eigenvalue weighted by Crippen LogP contribution is -2.44. The van der Waals surface area contributed by atoms with Crippen molar-refractivity contribution in [1.82, 2.24) is 5.32 Å². The van der Waals surface area contributed by atoms with Crippen molar-refractivity contribution >= 4 is 11.9 Å². The van der Waals surface area contributed by atoms with Gasteiger partial charge in [-0.2, -0.15) is 0 Å². The lowest BCUT2D eigenvalue weighted by atomic mass is 9.69. The number of rotatable bonds is 5. The normalized spacial score (nSPS) is 18.4. The highest BCUT2D eigenvalue weighted by atomic mass is 16.4. The molecule has 0 aromatic heterocycles. The number of amides is 1. The van der Waals surface area contributed by atoms with Crippen molar-refractivity contribution < 1.29 is 14.7 Å². The number of carboxylic acid groups (broad SMARTS) is 1. The van der Waals surface area contributed by atoms with E-state index in [9.17, 15) is 9.59 Å². The molecule has 1 aliphatic carbocycles. The Hall–Kier alpha value is -1.50. The van der Waals surface area contributed by atoms with E-state index in [-0.39, 0.29) is 18.7 Å². The topological polar surface area (TPSA) is 66.4 Å². The zero-order valence-electron chi connectivity index (χ0n) is 11.8. The molecule has 1 saturated carbocycles. The fraction of sp³-hybridized carbons (Fsp3) is 0.733. The van der Waals surface area contributed by atoms with Crippen molar-refractivity contribution in [2.75, 3.05) is 0 Å². The standard InChI is InChI=1S/C15H23NO3/c1-4-14(2,3)16-12(17)10-15(11-13(18)19)8-6-5-7-9-15/h1H,5-11H2,2-3H3,(H,16,17)(H,18,19). The van der Waals surface area contributed by atoms with Crippen LogP contribution in [-0.2, 0) is 9.59 Å². The zero-order chi connectivity index (χ0) is 14.5. The van der Waals surface area contributed by atoms with Crippen LogP contribution in [0, 0.1) is 17.8 Å². The van der Waals surface area contributed by atoms with Crippen LogP contribution in [0.4, 0.5) is 0 Å². The number of nitrogens with one attached hydrogen (secondary N) is 1. The summed E-state index contributed by atoms with van der Waals surface area (Å²) in [7, 11) is 0. The molecule has 0 aliphatic heterocycles. The summed E-state index contributed by atoms with van der Waals surface area (Å²) in [5.74, 6) is 1.54. The Morgan fingerprint density at radius 2 is 1.84 bits per heavy atom. The highest BCUT2D eigenvalue weighted by Gasteiger charge is 2.37. The molecule has 0 atom stereocenters. The van der Waals surface area contributed by atoms with Gasteiger partial charge >= 0.3 is 5.97 Å². The third kappa shape index (κ3) is 4.94. The van der Waals surface area contributed by atoms with Crippen LogP contribution in [0.25, 0.3) is 0 Å². The zero-order valence-corrected chi connectivity index (χ0v) is 11.8. The Kier molecular flexibility index (Phi) is 4.99. The summed E-state index contributed by atoms with van der Waals surface area (Å²) in [5, 5.41) is 11.8.